The molecule has 2 N–H and O–H groups in total. The molecule has 0 fully saturated rings. The van der Waals surface area contributed by atoms with Crippen molar-refractivity contribution in [3.63, 3.8) is 0 Å². The lowest BCUT2D eigenvalue weighted by atomic mass is 9.99. The van der Waals surface area contributed by atoms with E-state index in [1.807, 2.05) is 6.92 Å². The first kappa shape index (κ1) is 15.7. The summed E-state index contributed by atoms with van der Waals surface area (Å²) < 4.78 is 5.06. The molecule has 0 aliphatic carbocycles. The summed E-state index contributed by atoms with van der Waals surface area (Å²) in [7, 11) is 0. The van der Waals surface area contributed by atoms with Crippen LogP contribution in [-0.4, -0.2) is 28.8 Å². The number of amides is 1. The van der Waals surface area contributed by atoms with E-state index in [0.717, 1.165) is 25.0 Å². The van der Waals surface area contributed by atoms with E-state index in [0.29, 0.717) is 12.3 Å². The van der Waals surface area contributed by atoms with Crippen LogP contribution in [0.3, 0.4) is 0 Å². The Morgan fingerprint density at radius 1 is 1.42 bits per heavy atom. The number of aromatic nitrogens is 1. The molecule has 1 aromatic heterocycles. The molecular weight excluding hydrogens is 244 g/mol. The van der Waals surface area contributed by atoms with E-state index in [2.05, 4.69) is 24.3 Å². The summed E-state index contributed by atoms with van der Waals surface area (Å²) in [4.78, 5) is 11.8. The molecule has 0 saturated carbocycles. The highest BCUT2D eigenvalue weighted by molar-refractivity contribution is 5.91. The summed E-state index contributed by atoms with van der Waals surface area (Å²) in [6.45, 7) is 6.41. The van der Waals surface area contributed by atoms with Crippen LogP contribution in [0.5, 0.6) is 0 Å². The predicted octanol–water partition coefficient (Wildman–Crippen LogP) is 2.47. The van der Waals surface area contributed by atoms with Crippen LogP contribution < -0.4 is 5.32 Å². The SMILES string of the molecule is CCCC(O)CNC(=O)c1cc(C(CC)CC)no1. The molecule has 1 aromatic rings. The van der Waals surface area contributed by atoms with Crippen molar-refractivity contribution in [2.45, 2.75) is 58.5 Å². The Hall–Kier alpha value is -1.36. The van der Waals surface area contributed by atoms with Crippen LogP contribution in [0.25, 0.3) is 0 Å². The minimum absolute atomic E-state index is 0.214. The average molecular weight is 268 g/mol. The summed E-state index contributed by atoms with van der Waals surface area (Å²) >= 11 is 0. The quantitative estimate of drug-likeness (QED) is 0.759. The zero-order chi connectivity index (χ0) is 14.3. The topological polar surface area (TPSA) is 75.4 Å². The molecule has 0 bridgehead atoms. The fourth-order valence-corrected chi connectivity index (χ4v) is 2.03. The molecule has 0 aromatic carbocycles. The van der Waals surface area contributed by atoms with Gasteiger partial charge in [0.2, 0.25) is 5.76 Å². The molecule has 5 nitrogen and oxygen atoms in total. The second kappa shape index (κ2) is 7.94. The van der Waals surface area contributed by atoms with E-state index >= 15 is 0 Å². The Labute approximate surface area is 114 Å². The fraction of sp³-hybridized carbons (Fsp3) is 0.714. The van der Waals surface area contributed by atoms with Crippen molar-refractivity contribution < 1.29 is 14.4 Å². The third-order valence-electron chi connectivity index (χ3n) is 3.28. The molecular formula is C14H24N2O3. The Kier molecular flexibility index (Phi) is 6.56. The van der Waals surface area contributed by atoms with Crippen molar-refractivity contribution in [2.24, 2.45) is 0 Å². The molecule has 0 aliphatic heterocycles. The summed E-state index contributed by atoms with van der Waals surface area (Å²) in [5, 5.41) is 16.1. The lowest BCUT2D eigenvalue weighted by Gasteiger charge is -2.09. The van der Waals surface area contributed by atoms with E-state index in [1.165, 1.54) is 0 Å². The van der Waals surface area contributed by atoms with Gasteiger partial charge in [-0.25, -0.2) is 0 Å². The van der Waals surface area contributed by atoms with Gasteiger partial charge in [0.25, 0.3) is 5.91 Å². The first-order chi connectivity index (χ1) is 9.12. The smallest absolute Gasteiger partial charge is 0.289 e. The number of carbonyl (C=O) groups is 1. The van der Waals surface area contributed by atoms with E-state index in [4.69, 9.17) is 4.52 Å². The molecule has 1 rings (SSSR count). The number of nitrogens with one attached hydrogen (secondary N) is 1. The zero-order valence-electron chi connectivity index (χ0n) is 12.0. The number of hydrogen-bond donors (Lipinski definition) is 2. The monoisotopic (exact) mass is 268 g/mol. The number of rotatable bonds is 8. The summed E-state index contributed by atoms with van der Waals surface area (Å²) in [5.41, 5.74) is 0.823. The number of aliphatic hydroxyl groups is 1. The van der Waals surface area contributed by atoms with E-state index < -0.39 is 6.10 Å². The molecule has 1 atom stereocenters. The van der Waals surface area contributed by atoms with Crippen LogP contribution in [0.1, 0.15) is 68.6 Å². The molecule has 0 aliphatic rings. The minimum atomic E-state index is -0.504. The highest BCUT2D eigenvalue weighted by Gasteiger charge is 2.17. The van der Waals surface area contributed by atoms with Gasteiger partial charge in [0.05, 0.1) is 11.8 Å². The second-order valence-electron chi connectivity index (χ2n) is 4.78. The van der Waals surface area contributed by atoms with Gasteiger partial charge in [0.1, 0.15) is 0 Å². The van der Waals surface area contributed by atoms with Gasteiger partial charge in [-0.15, -0.1) is 0 Å². The summed E-state index contributed by atoms with van der Waals surface area (Å²) in [6.07, 6.45) is 3.00. The van der Waals surface area contributed by atoms with E-state index in [1.54, 1.807) is 6.07 Å². The fourth-order valence-electron chi connectivity index (χ4n) is 2.03. The predicted molar refractivity (Wildman–Crippen MR) is 73.1 cm³/mol. The third kappa shape index (κ3) is 4.67. The molecule has 108 valence electrons. The maximum Gasteiger partial charge on any atom is 0.289 e. The van der Waals surface area contributed by atoms with Crippen molar-refractivity contribution in [2.75, 3.05) is 6.54 Å². The Balaban J connectivity index is 2.53. The van der Waals surface area contributed by atoms with Crippen LogP contribution in [0.2, 0.25) is 0 Å². The largest absolute Gasteiger partial charge is 0.391 e. The van der Waals surface area contributed by atoms with Gasteiger partial charge >= 0.3 is 0 Å². The van der Waals surface area contributed by atoms with Gasteiger partial charge in [-0.3, -0.25) is 4.79 Å². The molecule has 1 amide bonds. The molecule has 1 heterocycles. The van der Waals surface area contributed by atoms with Crippen LogP contribution in [0.4, 0.5) is 0 Å². The molecule has 0 radical (unpaired) electrons. The van der Waals surface area contributed by atoms with E-state index in [9.17, 15) is 9.90 Å². The van der Waals surface area contributed by atoms with Gasteiger partial charge in [0, 0.05) is 18.5 Å². The zero-order valence-corrected chi connectivity index (χ0v) is 12.0. The Morgan fingerprint density at radius 2 is 2.11 bits per heavy atom. The van der Waals surface area contributed by atoms with Crippen molar-refractivity contribution in [1.29, 1.82) is 0 Å². The summed E-state index contributed by atoms with van der Waals surface area (Å²) in [6, 6.07) is 1.69. The van der Waals surface area contributed by atoms with Gasteiger partial charge < -0.3 is 14.9 Å². The molecule has 19 heavy (non-hydrogen) atoms. The summed E-state index contributed by atoms with van der Waals surface area (Å²) in [5.74, 6) is 0.224. The minimum Gasteiger partial charge on any atom is -0.391 e. The molecule has 0 spiro atoms. The number of aliphatic hydroxyl groups excluding tert-OH is 1. The highest BCUT2D eigenvalue weighted by Crippen LogP contribution is 2.22. The Morgan fingerprint density at radius 3 is 2.68 bits per heavy atom. The van der Waals surface area contributed by atoms with E-state index in [-0.39, 0.29) is 18.2 Å². The van der Waals surface area contributed by atoms with Gasteiger partial charge in [-0.2, -0.15) is 0 Å². The standard InChI is InChI=1S/C14H24N2O3/c1-4-7-11(17)9-15-14(18)13-8-12(16-19-13)10(5-2)6-3/h8,10-11,17H,4-7,9H2,1-3H3,(H,15,18). The van der Waals surface area contributed by atoms with Crippen LogP contribution >= 0.6 is 0 Å². The normalized spacial score (nSPS) is 12.7. The van der Waals surface area contributed by atoms with Crippen molar-refractivity contribution in [1.82, 2.24) is 10.5 Å². The number of hydrogen-bond acceptors (Lipinski definition) is 4. The molecule has 5 heteroatoms. The maximum atomic E-state index is 11.8. The van der Waals surface area contributed by atoms with Crippen LogP contribution in [0.15, 0.2) is 10.6 Å². The second-order valence-corrected chi connectivity index (χ2v) is 4.78. The lowest BCUT2D eigenvalue weighted by molar-refractivity contribution is 0.0874. The molecule has 1 unspecified atom stereocenters. The Bertz CT molecular complexity index is 386. The van der Waals surface area contributed by atoms with Gasteiger partial charge in [0.15, 0.2) is 0 Å². The van der Waals surface area contributed by atoms with Crippen LogP contribution in [0, 0.1) is 0 Å². The van der Waals surface area contributed by atoms with Gasteiger partial charge in [-0.05, 0) is 19.3 Å². The van der Waals surface area contributed by atoms with Gasteiger partial charge in [-0.1, -0.05) is 32.3 Å². The van der Waals surface area contributed by atoms with Crippen molar-refractivity contribution in [3.8, 4) is 0 Å². The number of carbonyl (C=O) groups excluding carboxylic acids is 1. The maximum absolute atomic E-state index is 11.8. The van der Waals surface area contributed by atoms with Crippen molar-refractivity contribution in [3.05, 3.63) is 17.5 Å². The number of nitrogens with zero attached hydrogens (tertiary/aromatic N) is 1. The molecule has 0 saturated heterocycles. The van der Waals surface area contributed by atoms with Crippen molar-refractivity contribution >= 4 is 5.91 Å². The highest BCUT2D eigenvalue weighted by atomic mass is 16.5. The first-order valence-electron chi connectivity index (χ1n) is 7.05. The lowest BCUT2D eigenvalue weighted by Crippen LogP contribution is -2.31. The first-order valence-corrected chi connectivity index (χ1v) is 7.05. The van der Waals surface area contributed by atoms with Crippen LogP contribution in [-0.2, 0) is 0 Å². The average Bonchev–Trinajstić information content (AvgIpc) is 2.87. The third-order valence-corrected chi connectivity index (χ3v) is 3.28.